The van der Waals surface area contributed by atoms with Gasteiger partial charge in [-0.15, -0.1) is 11.3 Å². The Bertz CT molecular complexity index is 728. The predicted octanol–water partition coefficient (Wildman–Crippen LogP) is 2.77. The summed E-state index contributed by atoms with van der Waals surface area (Å²) < 4.78 is 14.8. The molecule has 0 radical (unpaired) electrons. The van der Waals surface area contributed by atoms with Crippen LogP contribution < -0.4 is 5.73 Å². The van der Waals surface area contributed by atoms with E-state index in [1.54, 1.807) is 0 Å². The number of carbonyl (C=O) groups excluding carboxylic acids is 3. The molecule has 2 fully saturated rings. The van der Waals surface area contributed by atoms with Crippen molar-refractivity contribution < 1.29 is 28.6 Å². The molecule has 3 rings (SSSR count). The third-order valence-corrected chi connectivity index (χ3v) is 6.53. The molecular formula is C18H23NO6S. The first-order valence-electron chi connectivity index (χ1n) is 8.68. The molecule has 0 aliphatic heterocycles. The Morgan fingerprint density at radius 3 is 2.42 bits per heavy atom. The Labute approximate surface area is 155 Å². The lowest BCUT2D eigenvalue weighted by molar-refractivity contribution is -0.146. The van der Waals surface area contributed by atoms with Crippen LogP contribution in [0.1, 0.15) is 57.7 Å². The maximum absolute atomic E-state index is 12.3. The maximum atomic E-state index is 12.3. The van der Waals surface area contributed by atoms with Crippen LogP contribution in [0.25, 0.3) is 0 Å². The number of hydrogen-bond donors (Lipinski definition) is 1. The van der Waals surface area contributed by atoms with Gasteiger partial charge in [0.15, 0.2) is 0 Å². The number of carbonyl (C=O) groups is 3. The molecule has 0 spiro atoms. The van der Waals surface area contributed by atoms with Crippen LogP contribution in [0.4, 0.5) is 5.00 Å². The second kappa shape index (κ2) is 7.65. The largest absolute Gasteiger partial charge is 0.465 e. The van der Waals surface area contributed by atoms with Crippen LogP contribution >= 0.6 is 11.3 Å². The Morgan fingerprint density at radius 2 is 1.85 bits per heavy atom. The SMILES string of the molecule is COC(=O)c1sc(N)c(C(=O)OC)c1COC(=O)C[C@@H]1C[C@@H]2CC[C@@H]1C2. The summed E-state index contributed by atoms with van der Waals surface area (Å²) in [6, 6.07) is 0. The van der Waals surface area contributed by atoms with Gasteiger partial charge in [0.1, 0.15) is 22.0 Å². The van der Waals surface area contributed by atoms with Gasteiger partial charge in [0.25, 0.3) is 0 Å². The van der Waals surface area contributed by atoms with E-state index in [1.165, 1.54) is 33.5 Å². The highest BCUT2D eigenvalue weighted by atomic mass is 32.1. The summed E-state index contributed by atoms with van der Waals surface area (Å²) in [5.41, 5.74) is 6.16. The number of thiophene rings is 1. The Hall–Kier alpha value is -2.09. The van der Waals surface area contributed by atoms with E-state index in [4.69, 9.17) is 19.9 Å². The molecule has 0 unspecified atom stereocenters. The van der Waals surface area contributed by atoms with E-state index in [0.29, 0.717) is 18.3 Å². The second-order valence-corrected chi connectivity index (χ2v) is 7.98. The van der Waals surface area contributed by atoms with Crippen LogP contribution in [0.2, 0.25) is 0 Å². The summed E-state index contributed by atoms with van der Waals surface area (Å²) in [5, 5.41) is 0.136. The number of rotatable bonds is 6. The second-order valence-electron chi connectivity index (χ2n) is 6.93. The predicted molar refractivity (Wildman–Crippen MR) is 94.8 cm³/mol. The van der Waals surface area contributed by atoms with Gasteiger partial charge in [-0.05, 0) is 37.0 Å². The van der Waals surface area contributed by atoms with Crippen molar-refractivity contribution in [1.82, 2.24) is 0 Å². The fourth-order valence-electron chi connectivity index (χ4n) is 4.26. The highest BCUT2D eigenvalue weighted by Gasteiger charge is 2.40. The van der Waals surface area contributed by atoms with E-state index in [0.717, 1.165) is 23.7 Å². The zero-order valence-corrected chi connectivity index (χ0v) is 15.7. The summed E-state index contributed by atoms with van der Waals surface area (Å²) in [5.74, 6) is 0.142. The van der Waals surface area contributed by atoms with Crippen molar-refractivity contribution in [2.75, 3.05) is 20.0 Å². The van der Waals surface area contributed by atoms with Gasteiger partial charge in [-0.25, -0.2) is 9.59 Å². The lowest BCUT2D eigenvalue weighted by Crippen LogP contribution is -2.18. The van der Waals surface area contributed by atoms with E-state index in [1.807, 2.05) is 0 Å². The minimum Gasteiger partial charge on any atom is -0.465 e. The average Bonchev–Trinajstić information content (AvgIpc) is 3.32. The van der Waals surface area contributed by atoms with E-state index < -0.39 is 11.9 Å². The minimum absolute atomic E-state index is 0.0608. The van der Waals surface area contributed by atoms with Gasteiger partial charge in [-0.3, -0.25) is 4.79 Å². The zero-order valence-electron chi connectivity index (χ0n) is 14.9. The van der Waals surface area contributed by atoms with Crippen LogP contribution in [0.15, 0.2) is 0 Å². The van der Waals surface area contributed by atoms with Crippen molar-refractivity contribution in [2.24, 2.45) is 17.8 Å². The molecule has 1 heterocycles. The molecule has 0 saturated heterocycles. The third kappa shape index (κ3) is 3.56. The van der Waals surface area contributed by atoms with Crippen molar-refractivity contribution in [3.05, 3.63) is 16.0 Å². The van der Waals surface area contributed by atoms with Crippen LogP contribution in [0, 0.1) is 17.8 Å². The molecule has 142 valence electrons. The lowest BCUT2D eigenvalue weighted by Gasteiger charge is -2.20. The summed E-state index contributed by atoms with van der Waals surface area (Å²) >= 11 is 0.923. The molecule has 2 N–H and O–H groups in total. The molecule has 3 atom stereocenters. The molecule has 1 aromatic heterocycles. The number of nitrogen functional groups attached to an aromatic ring is 1. The first-order chi connectivity index (χ1) is 12.4. The Morgan fingerprint density at radius 1 is 1.12 bits per heavy atom. The highest BCUT2D eigenvalue weighted by molar-refractivity contribution is 7.18. The van der Waals surface area contributed by atoms with Crippen LogP contribution in [-0.4, -0.2) is 32.1 Å². The monoisotopic (exact) mass is 381 g/mol. The number of nitrogens with two attached hydrogens (primary N) is 1. The Balaban J connectivity index is 1.70. The number of esters is 3. The smallest absolute Gasteiger partial charge is 0.348 e. The number of hydrogen-bond acceptors (Lipinski definition) is 8. The summed E-state index contributed by atoms with van der Waals surface area (Å²) in [4.78, 5) is 36.4. The minimum atomic E-state index is -0.673. The van der Waals surface area contributed by atoms with Gasteiger partial charge in [0, 0.05) is 12.0 Å². The maximum Gasteiger partial charge on any atom is 0.348 e. The zero-order chi connectivity index (χ0) is 18.8. The molecular weight excluding hydrogens is 358 g/mol. The number of methoxy groups -OCH3 is 2. The Kier molecular flexibility index (Phi) is 5.50. The molecule has 2 aliphatic rings. The average molecular weight is 381 g/mol. The quantitative estimate of drug-likeness (QED) is 0.596. The van der Waals surface area contributed by atoms with Gasteiger partial charge in [-0.1, -0.05) is 6.42 Å². The normalized spacial score (nSPS) is 23.7. The van der Waals surface area contributed by atoms with Gasteiger partial charge in [0.2, 0.25) is 0 Å². The highest BCUT2D eigenvalue weighted by Crippen LogP contribution is 2.49. The van der Waals surface area contributed by atoms with Crippen LogP contribution in [0.5, 0.6) is 0 Å². The van der Waals surface area contributed by atoms with E-state index in [9.17, 15) is 14.4 Å². The number of anilines is 1. The van der Waals surface area contributed by atoms with Crippen molar-refractivity contribution in [3.8, 4) is 0 Å². The fourth-order valence-corrected chi connectivity index (χ4v) is 5.24. The molecule has 26 heavy (non-hydrogen) atoms. The van der Waals surface area contributed by atoms with Crippen molar-refractivity contribution in [2.45, 2.75) is 38.7 Å². The van der Waals surface area contributed by atoms with Crippen LogP contribution in [-0.2, 0) is 25.6 Å². The third-order valence-electron chi connectivity index (χ3n) is 5.49. The topological polar surface area (TPSA) is 105 Å². The van der Waals surface area contributed by atoms with Crippen molar-refractivity contribution >= 4 is 34.2 Å². The molecule has 8 heteroatoms. The van der Waals surface area contributed by atoms with Crippen LogP contribution in [0.3, 0.4) is 0 Å². The molecule has 1 aromatic rings. The van der Waals surface area contributed by atoms with Gasteiger partial charge < -0.3 is 19.9 Å². The summed E-state index contributed by atoms with van der Waals surface area (Å²) in [6.45, 7) is -0.206. The number of fused-ring (bicyclic) bond motifs is 2. The van der Waals surface area contributed by atoms with E-state index >= 15 is 0 Å². The molecule has 0 aromatic carbocycles. The van der Waals surface area contributed by atoms with Crippen molar-refractivity contribution in [1.29, 1.82) is 0 Å². The fraction of sp³-hybridized carbons (Fsp3) is 0.611. The summed E-state index contributed by atoms with van der Waals surface area (Å²) in [6.07, 6.45) is 5.16. The molecule has 0 amide bonds. The first kappa shape index (κ1) is 18.7. The number of ether oxygens (including phenoxy) is 3. The lowest BCUT2D eigenvalue weighted by atomic mass is 9.86. The molecule has 7 nitrogen and oxygen atoms in total. The molecule has 2 bridgehead atoms. The molecule has 2 saturated carbocycles. The first-order valence-corrected chi connectivity index (χ1v) is 9.49. The van der Waals surface area contributed by atoms with Gasteiger partial charge in [-0.2, -0.15) is 0 Å². The van der Waals surface area contributed by atoms with Gasteiger partial charge in [0.05, 0.1) is 14.2 Å². The van der Waals surface area contributed by atoms with E-state index in [-0.39, 0.29) is 33.6 Å². The molecule has 2 aliphatic carbocycles. The van der Waals surface area contributed by atoms with E-state index in [2.05, 4.69) is 0 Å². The van der Waals surface area contributed by atoms with Gasteiger partial charge >= 0.3 is 17.9 Å². The van der Waals surface area contributed by atoms with Crippen molar-refractivity contribution in [3.63, 3.8) is 0 Å². The standard InChI is InChI=1S/C18H23NO6S/c1-23-17(21)14-12(15(18(22)24-2)26-16(14)19)8-25-13(20)7-11-6-9-3-4-10(11)5-9/h9-11H,3-8,19H2,1-2H3/t9-,10-,11+/m1/s1. The summed E-state index contributed by atoms with van der Waals surface area (Å²) in [7, 11) is 2.46.